The average molecular weight is 324 g/mol. The van der Waals surface area contributed by atoms with Crippen LogP contribution in [0.15, 0.2) is 36.5 Å². The van der Waals surface area contributed by atoms with E-state index >= 15 is 0 Å². The van der Waals surface area contributed by atoms with E-state index in [4.69, 9.17) is 2.74 Å². The lowest BCUT2D eigenvalue weighted by Crippen LogP contribution is -2.32. The molecule has 2 rings (SSSR count). The van der Waals surface area contributed by atoms with Gasteiger partial charge in [0.1, 0.15) is 7.05 Å². The average Bonchev–Trinajstić information content (AvgIpc) is 2.45. The van der Waals surface area contributed by atoms with Gasteiger partial charge in [0, 0.05) is 19.9 Å². The topological polar surface area (TPSA) is 3.88 Å². The van der Waals surface area contributed by atoms with Crippen molar-refractivity contribution in [1.82, 2.24) is 0 Å². The molecule has 0 radical (unpaired) electrons. The predicted molar refractivity (Wildman–Crippen MR) is 86.0 cm³/mol. The Morgan fingerprint density at radius 3 is 2.22 bits per heavy atom. The smallest absolute Gasteiger partial charge is 0.201 e. The molecule has 0 N–H and O–H groups in total. The van der Waals surface area contributed by atoms with Crippen LogP contribution in [0.1, 0.15) is 40.2 Å². The molecular formula is C19H23F3N+. The first kappa shape index (κ1) is 14.7. The molecule has 0 fully saturated rings. The molecule has 1 nitrogen and oxygen atoms in total. The van der Waals surface area contributed by atoms with Crippen LogP contribution in [0.5, 0.6) is 0 Å². The summed E-state index contributed by atoms with van der Waals surface area (Å²) < 4.78 is 57.0. The van der Waals surface area contributed by atoms with E-state index in [9.17, 15) is 13.2 Å². The predicted octanol–water partition coefficient (Wildman–Crippen LogP) is 5.09. The van der Waals surface area contributed by atoms with Crippen molar-refractivity contribution in [2.45, 2.75) is 40.2 Å². The first-order valence-corrected chi connectivity index (χ1v) is 7.43. The molecule has 0 aliphatic carbocycles. The summed E-state index contributed by atoms with van der Waals surface area (Å²) in [6.45, 7) is 7.15. The fraction of sp³-hybridized carbons (Fsp3) is 0.421. The summed E-state index contributed by atoms with van der Waals surface area (Å²) in [5.41, 5.74) is 1.24. The number of aryl methyl sites for hydroxylation is 2. The summed E-state index contributed by atoms with van der Waals surface area (Å²) >= 11 is 0. The summed E-state index contributed by atoms with van der Waals surface area (Å²) in [5.74, 6) is 0. The number of rotatable bonds is 2. The van der Waals surface area contributed by atoms with Crippen molar-refractivity contribution < 1.29 is 20.5 Å². The Balaban J connectivity index is 2.50. The van der Waals surface area contributed by atoms with Gasteiger partial charge in [0.25, 0.3) is 0 Å². The zero-order valence-corrected chi connectivity index (χ0v) is 14.0. The summed E-state index contributed by atoms with van der Waals surface area (Å²) in [6.07, 6.45) is -4.19. The Labute approximate surface area is 138 Å². The van der Waals surface area contributed by atoms with Crippen LogP contribution < -0.4 is 4.57 Å². The SMILES string of the molecule is [2H]C([2H])(c1ccc(-c2ccc(C(F)(F)F)cc2C)[n+](C)c1)C(C)(C)C. The highest BCUT2D eigenvalue weighted by Crippen LogP contribution is 2.32. The fourth-order valence-electron chi connectivity index (χ4n) is 2.52. The second-order valence-electron chi connectivity index (χ2n) is 6.82. The van der Waals surface area contributed by atoms with Gasteiger partial charge in [0.15, 0.2) is 6.20 Å². The van der Waals surface area contributed by atoms with E-state index in [1.54, 1.807) is 36.9 Å². The van der Waals surface area contributed by atoms with Crippen molar-refractivity contribution in [3.63, 3.8) is 0 Å². The fourth-order valence-corrected chi connectivity index (χ4v) is 2.52. The Bertz CT molecular complexity index is 790. The van der Waals surface area contributed by atoms with E-state index in [1.165, 1.54) is 6.07 Å². The number of pyridine rings is 1. The molecule has 1 heterocycles. The van der Waals surface area contributed by atoms with E-state index in [-0.39, 0.29) is 0 Å². The zero-order chi connectivity index (χ0) is 19.2. The van der Waals surface area contributed by atoms with Crippen LogP contribution in [0, 0.1) is 12.3 Å². The highest BCUT2D eigenvalue weighted by atomic mass is 19.4. The minimum Gasteiger partial charge on any atom is -0.201 e. The van der Waals surface area contributed by atoms with Gasteiger partial charge in [0.2, 0.25) is 5.69 Å². The number of halogens is 3. The summed E-state index contributed by atoms with van der Waals surface area (Å²) in [5, 5.41) is 0. The minimum absolute atomic E-state index is 0.525. The summed E-state index contributed by atoms with van der Waals surface area (Å²) in [4.78, 5) is 0. The molecule has 4 heteroatoms. The largest absolute Gasteiger partial charge is 0.416 e. The third-order valence-electron chi connectivity index (χ3n) is 3.48. The third-order valence-corrected chi connectivity index (χ3v) is 3.48. The molecule has 0 unspecified atom stereocenters. The van der Waals surface area contributed by atoms with Crippen molar-refractivity contribution in [2.24, 2.45) is 12.5 Å². The number of benzene rings is 1. The van der Waals surface area contributed by atoms with Gasteiger partial charge >= 0.3 is 6.18 Å². The second-order valence-corrected chi connectivity index (χ2v) is 6.82. The van der Waals surface area contributed by atoms with Gasteiger partial charge < -0.3 is 0 Å². The lowest BCUT2D eigenvalue weighted by atomic mass is 9.88. The van der Waals surface area contributed by atoms with E-state index in [2.05, 4.69) is 0 Å². The van der Waals surface area contributed by atoms with Gasteiger partial charge in [-0.1, -0.05) is 20.8 Å². The number of hydrogen-bond donors (Lipinski definition) is 0. The highest BCUT2D eigenvalue weighted by Gasteiger charge is 2.31. The molecule has 0 amide bonds. The molecule has 0 aliphatic rings. The van der Waals surface area contributed by atoms with Crippen LogP contribution in [0.3, 0.4) is 0 Å². The zero-order valence-electron chi connectivity index (χ0n) is 16.0. The second kappa shape index (κ2) is 5.99. The lowest BCUT2D eigenvalue weighted by Gasteiger charge is -2.17. The van der Waals surface area contributed by atoms with Crippen LogP contribution in [0.2, 0.25) is 0 Å². The van der Waals surface area contributed by atoms with E-state index < -0.39 is 23.5 Å². The molecule has 124 valence electrons. The van der Waals surface area contributed by atoms with Crippen LogP contribution in [0.25, 0.3) is 11.3 Å². The molecule has 0 atom stereocenters. The Morgan fingerprint density at radius 1 is 1.09 bits per heavy atom. The van der Waals surface area contributed by atoms with Crippen LogP contribution in [0.4, 0.5) is 13.2 Å². The Morgan fingerprint density at radius 2 is 1.74 bits per heavy atom. The van der Waals surface area contributed by atoms with Crippen molar-refractivity contribution in [1.29, 1.82) is 0 Å². The number of nitrogens with zero attached hydrogens (tertiary/aromatic N) is 1. The maximum absolute atomic E-state index is 12.8. The van der Waals surface area contributed by atoms with Crippen LogP contribution in [-0.4, -0.2) is 0 Å². The lowest BCUT2D eigenvalue weighted by molar-refractivity contribution is -0.660. The first-order valence-electron chi connectivity index (χ1n) is 8.43. The molecular weight excluding hydrogens is 299 g/mol. The van der Waals surface area contributed by atoms with E-state index in [1.807, 2.05) is 20.8 Å². The molecule has 0 saturated heterocycles. The van der Waals surface area contributed by atoms with Gasteiger partial charge in [-0.3, -0.25) is 0 Å². The Kier molecular flexibility index (Phi) is 3.83. The van der Waals surface area contributed by atoms with Crippen molar-refractivity contribution in [3.8, 4) is 11.3 Å². The minimum atomic E-state index is -4.36. The van der Waals surface area contributed by atoms with E-state index in [0.29, 0.717) is 16.7 Å². The normalized spacial score (nSPS) is 14.4. The van der Waals surface area contributed by atoms with Gasteiger partial charge in [-0.05, 0) is 48.5 Å². The summed E-state index contributed by atoms with van der Waals surface area (Å²) in [7, 11) is 1.77. The van der Waals surface area contributed by atoms with Gasteiger partial charge in [-0.2, -0.15) is 13.2 Å². The Hall–Kier alpha value is -1.84. The number of alkyl halides is 3. The van der Waals surface area contributed by atoms with Crippen molar-refractivity contribution in [2.75, 3.05) is 0 Å². The van der Waals surface area contributed by atoms with Gasteiger partial charge in [-0.25, -0.2) is 4.57 Å². The van der Waals surface area contributed by atoms with Gasteiger partial charge in [-0.15, -0.1) is 0 Å². The summed E-state index contributed by atoms with van der Waals surface area (Å²) in [6, 6.07) is 7.14. The quantitative estimate of drug-likeness (QED) is 0.677. The van der Waals surface area contributed by atoms with E-state index in [0.717, 1.165) is 17.8 Å². The third kappa shape index (κ3) is 4.34. The first-order chi connectivity index (χ1) is 11.2. The van der Waals surface area contributed by atoms with Crippen LogP contribution in [-0.2, 0) is 19.6 Å². The van der Waals surface area contributed by atoms with Crippen molar-refractivity contribution in [3.05, 3.63) is 53.2 Å². The molecule has 1 aromatic carbocycles. The monoisotopic (exact) mass is 324 g/mol. The molecule has 0 saturated carbocycles. The molecule has 0 spiro atoms. The number of aromatic nitrogens is 1. The molecule has 0 bridgehead atoms. The molecule has 1 aromatic heterocycles. The molecule has 23 heavy (non-hydrogen) atoms. The number of hydrogen-bond acceptors (Lipinski definition) is 0. The van der Waals surface area contributed by atoms with Crippen molar-refractivity contribution >= 4 is 0 Å². The molecule has 2 aromatic rings. The van der Waals surface area contributed by atoms with Crippen LogP contribution >= 0.6 is 0 Å². The van der Waals surface area contributed by atoms with Gasteiger partial charge in [0.05, 0.1) is 5.56 Å². The standard InChI is InChI=1S/C19H23F3N/c1-13-10-15(19(20,21)22)7-8-16(13)17-9-6-14(12-23(17)5)11-18(2,3)4/h6-10,12H,11H2,1-5H3/q+1/i11D2. The maximum Gasteiger partial charge on any atom is 0.416 e. The highest BCUT2D eigenvalue weighted by molar-refractivity contribution is 5.61. The molecule has 0 aliphatic heterocycles. The maximum atomic E-state index is 12.8.